The molecule has 0 heterocycles. The Labute approximate surface area is 119 Å². The van der Waals surface area contributed by atoms with Crippen LogP contribution < -0.4 is 4.74 Å². The minimum absolute atomic E-state index is 0.503. The lowest BCUT2D eigenvalue weighted by Crippen LogP contribution is -2.39. The van der Waals surface area contributed by atoms with E-state index in [2.05, 4.69) is 6.92 Å². The quantitative estimate of drug-likeness (QED) is 0.895. The fourth-order valence-corrected chi connectivity index (χ4v) is 2.89. The van der Waals surface area contributed by atoms with Crippen molar-refractivity contribution in [3.05, 3.63) is 28.8 Å². The number of aliphatic hydroxyl groups is 2. The highest BCUT2D eigenvalue weighted by atomic mass is 35.5. The number of hydrogen-bond donors (Lipinski definition) is 2. The molecule has 1 atom stereocenters. The SMILES string of the molecule is COc1cc(C(O)C2(O)CCC(C)CC2)ccc1Cl. The van der Waals surface area contributed by atoms with Gasteiger partial charge in [0.15, 0.2) is 0 Å². The largest absolute Gasteiger partial charge is 0.495 e. The van der Waals surface area contributed by atoms with E-state index in [0.717, 1.165) is 12.8 Å². The normalized spacial score (nSPS) is 29.0. The predicted molar refractivity (Wildman–Crippen MR) is 75.5 cm³/mol. The Morgan fingerprint density at radius 1 is 1.37 bits per heavy atom. The Morgan fingerprint density at radius 3 is 2.58 bits per heavy atom. The standard InChI is InChI=1S/C15H21ClO3/c1-10-5-7-15(18,8-6-10)14(17)11-3-4-12(16)13(9-11)19-2/h3-4,9-10,14,17-18H,5-8H2,1-2H3. The van der Waals surface area contributed by atoms with Gasteiger partial charge in [0.25, 0.3) is 0 Å². The first-order valence-corrected chi connectivity index (χ1v) is 7.08. The van der Waals surface area contributed by atoms with Crippen molar-refractivity contribution in [2.75, 3.05) is 7.11 Å². The van der Waals surface area contributed by atoms with Gasteiger partial charge in [-0.3, -0.25) is 0 Å². The molecule has 1 saturated carbocycles. The van der Waals surface area contributed by atoms with E-state index >= 15 is 0 Å². The van der Waals surface area contributed by atoms with Gasteiger partial charge in [0, 0.05) is 0 Å². The molecular weight excluding hydrogens is 264 g/mol. The van der Waals surface area contributed by atoms with Gasteiger partial charge in [0.1, 0.15) is 11.9 Å². The van der Waals surface area contributed by atoms with Crippen LogP contribution in [0, 0.1) is 5.92 Å². The summed E-state index contributed by atoms with van der Waals surface area (Å²) in [7, 11) is 1.54. The van der Waals surface area contributed by atoms with Gasteiger partial charge in [0.05, 0.1) is 17.7 Å². The highest BCUT2D eigenvalue weighted by Crippen LogP contribution is 2.41. The zero-order chi connectivity index (χ0) is 14.0. The van der Waals surface area contributed by atoms with E-state index in [4.69, 9.17) is 16.3 Å². The predicted octanol–water partition coefficient (Wildman–Crippen LogP) is 3.32. The number of rotatable bonds is 3. The highest BCUT2D eigenvalue weighted by Gasteiger charge is 2.39. The van der Waals surface area contributed by atoms with Gasteiger partial charge in [-0.25, -0.2) is 0 Å². The molecule has 19 heavy (non-hydrogen) atoms. The number of halogens is 1. The lowest BCUT2D eigenvalue weighted by Gasteiger charge is -2.38. The summed E-state index contributed by atoms with van der Waals surface area (Å²) in [5, 5.41) is 21.6. The molecule has 0 aliphatic heterocycles. The first-order valence-electron chi connectivity index (χ1n) is 6.70. The van der Waals surface area contributed by atoms with Crippen LogP contribution >= 0.6 is 11.6 Å². The first kappa shape index (κ1) is 14.6. The summed E-state index contributed by atoms with van der Waals surface area (Å²) in [6.45, 7) is 2.18. The molecule has 1 aliphatic carbocycles. The maximum absolute atomic E-state index is 10.6. The first-order chi connectivity index (χ1) is 8.96. The molecule has 0 aromatic heterocycles. The number of ether oxygens (including phenoxy) is 1. The summed E-state index contributed by atoms with van der Waals surface area (Å²) in [6.07, 6.45) is 2.24. The van der Waals surface area contributed by atoms with Gasteiger partial charge >= 0.3 is 0 Å². The Bertz CT molecular complexity index is 439. The average Bonchev–Trinajstić information content (AvgIpc) is 2.42. The number of methoxy groups -OCH3 is 1. The minimum atomic E-state index is -1.04. The second kappa shape index (κ2) is 5.70. The maximum Gasteiger partial charge on any atom is 0.137 e. The van der Waals surface area contributed by atoms with Gasteiger partial charge < -0.3 is 14.9 Å². The van der Waals surface area contributed by atoms with E-state index in [1.54, 1.807) is 18.2 Å². The molecule has 2 N–H and O–H groups in total. The van der Waals surface area contributed by atoms with Crippen molar-refractivity contribution in [1.29, 1.82) is 0 Å². The van der Waals surface area contributed by atoms with E-state index in [0.29, 0.717) is 35.1 Å². The van der Waals surface area contributed by atoms with Crippen LogP contribution in [0.2, 0.25) is 5.02 Å². The van der Waals surface area contributed by atoms with Crippen LogP contribution in [0.3, 0.4) is 0 Å². The summed E-state index contributed by atoms with van der Waals surface area (Å²) in [5.74, 6) is 1.14. The van der Waals surface area contributed by atoms with Crippen LogP contribution in [0.15, 0.2) is 18.2 Å². The van der Waals surface area contributed by atoms with Crippen LogP contribution in [-0.2, 0) is 0 Å². The van der Waals surface area contributed by atoms with Gasteiger partial charge in [-0.15, -0.1) is 0 Å². The molecule has 0 spiro atoms. The minimum Gasteiger partial charge on any atom is -0.495 e. The zero-order valence-corrected chi connectivity index (χ0v) is 12.2. The molecule has 1 aliphatic rings. The van der Waals surface area contributed by atoms with Crippen molar-refractivity contribution in [3.63, 3.8) is 0 Å². The fraction of sp³-hybridized carbons (Fsp3) is 0.600. The third kappa shape index (κ3) is 3.04. The number of aliphatic hydroxyl groups excluding tert-OH is 1. The molecule has 2 rings (SSSR count). The van der Waals surface area contributed by atoms with Gasteiger partial charge in [-0.1, -0.05) is 24.6 Å². The van der Waals surface area contributed by atoms with Gasteiger partial charge in [0.2, 0.25) is 0 Å². The molecular formula is C15H21ClO3. The second-order valence-electron chi connectivity index (χ2n) is 5.58. The molecule has 0 radical (unpaired) electrons. The smallest absolute Gasteiger partial charge is 0.137 e. The maximum atomic E-state index is 10.6. The lowest BCUT2D eigenvalue weighted by molar-refractivity contribution is -0.105. The third-order valence-electron chi connectivity index (χ3n) is 4.14. The summed E-state index contributed by atoms with van der Waals surface area (Å²) >= 11 is 5.97. The molecule has 1 fully saturated rings. The lowest BCUT2D eigenvalue weighted by atomic mass is 9.75. The van der Waals surface area contributed by atoms with Crippen LogP contribution in [-0.4, -0.2) is 22.9 Å². The molecule has 1 aromatic carbocycles. The summed E-state index contributed by atoms with van der Waals surface area (Å²) in [5.41, 5.74) is -0.385. The zero-order valence-electron chi connectivity index (χ0n) is 11.4. The molecule has 0 bridgehead atoms. The van der Waals surface area contributed by atoms with Crippen LogP contribution in [0.5, 0.6) is 5.75 Å². The number of hydrogen-bond acceptors (Lipinski definition) is 3. The average molecular weight is 285 g/mol. The van der Waals surface area contributed by atoms with Crippen molar-refractivity contribution >= 4 is 11.6 Å². The Hall–Kier alpha value is -0.770. The molecule has 106 valence electrons. The molecule has 4 heteroatoms. The van der Waals surface area contributed by atoms with Crippen molar-refractivity contribution in [2.24, 2.45) is 5.92 Å². The topological polar surface area (TPSA) is 49.7 Å². The van der Waals surface area contributed by atoms with Crippen LogP contribution in [0.4, 0.5) is 0 Å². The van der Waals surface area contributed by atoms with Gasteiger partial charge in [-0.2, -0.15) is 0 Å². The van der Waals surface area contributed by atoms with Crippen molar-refractivity contribution < 1.29 is 14.9 Å². The summed E-state index contributed by atoms with van der Waals surface area (Å²) < 4.78 is 5.15. The molecule has 0 saturated heterocycles. The Kier molecular flexibility index (Phi) is 4.39. The summed E-state index contributed by atoms with van der Waals surface area (Å²) in [4.78, 5) is 0. The van der Waals surface area contributed by atoms with Crippen LogP contribution in [0.25, 0.3) is 0 Å². The monoisotopic (exact) mass is 284 g/mol. The Balaban J connectivity index is 2.21. The Morgan fingerprint density at radius 2 is 2.00 bits per heavy atom. The van der Waals surface area contributed by atoms with Crippen molar-refractivity contribution in [1.82, 2.24) is 0 Å². The van der Waals surface area contributed by atoms with Crippen LogP contribution in [0.1, 0.15) is 44.3 Å². The summed E-state index contributed by atoms with van der Waals surface area (Å²) in [6, 6.07) is 5.13. The molecule has 0 amide bonds. The van der Waals surface area contributed by atoms with E-state index in [9.17, 15) is 10.2 Å². The molecule has 1 aromatic rings. The van der Waals surface area contributed by atoms with Crippen molar-refractivity contribution in [3.8, 4) is 5.75 Å². The number of benzene rings is 1. The van der Waals surface area contributed by atoms with E-state index in [-0.39, 0.29) is 0 Å². The highest BCUT2D eigenvalue weighted by molar-refractivity contribution is 6.32. The fourth-order valence-electron chi connectivity index (χ4n) is 2.69. The van der Waals surface area contributed by atoms with E-state index in [1.807, 2.05) is 0 Å². The molecule has 1 unspecified atom stereocenters. The second-order valence-corrected chi connectivity index (χ2v) is 5.99. The van der Waals surface area contributed by atoms with Crippen molar-refractivity contribution in [2.45, 2.75) is 44.3 Å². The third-order valence-corrected chi connectivity index (χ3v) is 4.45. The van der Waals surface area contributed by atoms with E-state index in [1.165, 1.54) is 7.11 Å². The van der Waals surface area contributed by atoms with E-state index < -0.39 is 11.7 Å². The molecule has 3 nitrogen and oxygen atoms in total. The van der Waals surface area contributed by atoms with Gasteiger partial charge in [-0.05, 0) is 49.3 Å².